The molecule has 3 aromatic rings. The molecule has 0 spiro atoms. The highest BCUT2D eigenvalue weighted by Gasteiger charge is 2.11. The predicted molar refractivity (Wildman–Crippen MR) is 79.2 cm³/mol. The van der Waals surface area contributed by atoms with Crippen molar-refractivity contribution in [2.24, 2.45) is 0 Å². The normalized spacial score (nSPS) is 10.6. The largest absolute Gasteiger partial charge is 0.263 e. The van der Waals surface area contributed by atoms with Crippen LogP contribution in [0, 0.1) is 6.92 Å². The van der Waals surface area contributed by atoms with Crippen LogP contribution < -0.4 is 0 Å². The van der Waals surface area contributed by atoms with Crippen LogP contribution in [-0.4, -0.2) is 14.8 Å². The van der Waals surface area contributed by atoms with Gasteiger partial charge >= 0.3 is 0 Å². The number of halogens is 1. The second kappa shape index (κ2) is 4.97. The lowest BCUT2D eigenvalue weighted by molar-refractivity contribution is 0.862. The highest BCUT2D eigenvalue weighted by molar-refractivity contribution is 9.10. The Morgan fingerprint density at radius 1 is 1.11 bits per heavy atom. The molecule has 0 atom stereocenters. The first-order valence-electron chi connectivity index (χ1n) is 5.97. The minimum absolute atomic E-state index is 0.926. The van der Waals surface area contributed by atoms with Crippen LogP contribution in [0.1, 0.15) is 5.69 Å². The molecule has 2 aromatic heterocycles. The van der Waals surface area contributed by atoms with E-state index in [1.54, 1.807) is 12.4 Å². The molecule has 0 aliphatic rings. The third-order valence-electron chi connectivity index (χ3n) is 2.88. The zero-order valence-corrected chi connectivity index (χ0v) is 12.0. The summed E-state index contributed by atoms with van der Waals surface area (Å²) in [7, 11) is 0. The van der Waals surface area contributed by atoms with Crippen molar-refractivity contribution in [3.63, 3.8) is 0 Å². The standard InChI is InChI=1S/C15H12BrN3/c1-11-9-15(12-5-3-2-4-6-12)19(18-11)14-7-8-17-10-13(14)16/h2-10H,1H3. The van der Waals surface area contributed by atoms with E-state index in [2.05, 4.69) is 44.2 Å². The summed E-state index contributed by atoms with van der Waals surface area (Å²) in [6, 6.07) is 14.3. The third kappa shape index (κ3) is 2.31. The highest BCUT2D eigenvalue weighted by atomic mass is 79.9. The Morgan fingerprint density at radius 3 is 2.63 bits per heavy atom. The van der Waals surface area contributed by atoms with Crippen molar-refractivity contribution in [2.75, 3.05) is 0 Å². The highest BCUT2D eigenvalue weighted by Crippen LogP contribution is 2.27. The van der Waals surface area contributed by atoms with Crippen LogP contribution in [0.15, 0.2) is 59.3 Å². The Hall–Kier alpha value is -1.94. The van der Waals surface area contributed by atoms with E-state index in [1.165, 1.54) is 0 Å². The van der Waals surface area contributed by atoms with Gasteiger partial charge in [0.2, 0.25) is 0 Å². The van der Waals surface area contributed by atoms with Gasteiger partial charge in [0.05, 0.1) is 21.5 Å². The van der Waals surface area contributed by atoms with Crippen LogP contribution in [-0.2, 0) is 0 Å². The second-order valence-corrected chi connectivity index (χ2v) is 5.13. The van der Waals surface area contributed by atoms with Crippen LogP contribution in [0.4, 0.5) is 0 Å². The molecule has 0 aliphatic heterocycles. The Labute approximate surface area is 120 Å². The Kier molecular flexibility index (Phi) is 3.17. The summed E-state index contributed by atoms with van der Waals surface area (Å²) in [6.45, 7) is 2.00. The van der Waals surface area contributed by atoms with Crippen molar-refractivity contribution in [1.29, 1.82) is 0 Å². The van der Waals surface area contributed by atoms with Gasteiger partial charge in [0.25, 0.3) is 0 Å². The van der Waals surface area contributed by atoms with Crippen molar-refractivity contribution in [3.8, 4) is 16.9 Å². The maximum atomic E-state index is 4.58. The molecule has 0 unspecified atom stereocenters. The molecule has 0 aliphatic carbocycles. The van der Waals surface area contributed by atoms with Gasteiger partial charge in [0, 0.05) is 18.0 Å². The SMILES string of the molecule is Cc1cc(-c2ccccc2)n(-c2ccncc2Br)n1. The van der Waals surface area contributed by atoms with Crippen molar-refractivity contribution in [3.05, 3.63) is 65.0 Å². The summed E-state index contributed by atoms with van der Waals surface area (Å²) in [6.07, 6.45) is 3.55. The van der Waals surface area contributed by atoms with Gasteiger partial charge in [-0.2, -0.15) is 5.10 Å². The Bertz CT molecular complexity index is 704. The van der Waals surface area contributed by atoms with Crippen molar-refractivity contribution >= 4 is 15.9 Å². The molecule has 19 heavy (non-hydrogen) atoms. The molecule has 1 aromatic carbocycles. The number of hydrogen-bond acceptors (Lipinski definition) is 2. The first kappa shape index (κ1) is 12.1. The molecule has 0 amide bonds. The maximum absolute atomic E-state index is 4.58. The Balaban J connectivity index is 2.21. The number of pyridine rings is 1. The van der Waals surface area contributed by atoms with Crippen LogP contribution >= 0.6 is 15.9 Å². The smallest absolute Gasteiger partial charge is 0.0825 e. The molecule has 0 N–H and O–H groups in total. The monoisotopic (exact) mass is 313 g/mol. The molecule has 94 valence electrons. The number of aromatic nitrogens is 3. The minimum atomic E-state index is 0.926. The van der Waals surface area contributed by atoms with E-state index in [4.69, 9.17) is 0 Å². The lowest BCUT2D eigenvalue weighted by Crippen LogP contribution is -2.00. The van der Waals surface area contributed by atoms with Crippen molar-refractivity contribution in [1.82, 2.24) is 14.8 Å². The number of hydrogen-bond donors (Lipinski definition) is 0. The van der Waals surface area contributed by atoms with Gasteiger partial charge in [0.1, 0.15) is 0 Å². The van der Waals surface area contributed by atoms with Gasteiger partial charge in [-0.1, -0.05) is 30.3 Å². The van der Waals surface area contributed by atoms with Gasteiger partial charge in [-0.25, -0.2) is 4.68 Å². The van der Waals surface area contributed by atoms with Crippen LogP contribution in [0.2, 0.25) is 0 Å². The average Bonchev–Trinajstić information content (AvgIpc) is 2.82. The fraction of sp³-hybridized carbons (Fsp3) is 0.0667. The van der Waals surface area contributed by atoms with Gasteiger partial charge in [-0.3, -0.25) is 4.98 Å². The van der Waals surface area contributed by atoms with Crippen LogP contribution in [0.3, 0.4) is 0 Å². The first-order valence-corrected chi connectivity index (χ1v) is 6.77. The lowest BCUT2D eigenvalue weighted by Gasteiger charge is -2.08. The third-order valence-corrected chi connectivity index (χ3v) is 3.49. The summed E-state index contributed by atoms with van der Waals surface area (Å²) in [5, 5.41) is 4.58. The fourth-order valence-electron chi connectivity index (χ4n) is 2.04. The molecular formula is C15H12BrN3. The molecule has 0 bridgehead atoms. The maximum Gasteiger partial charge on any atom is 0.0825 e. The fourth-order valence-corrected chi connectivity index (χ4v) is 2.46. The quantitative estimate of drug-likeness (QED) is 0.715. The number of aryl methyl sites for hydroxylation is 1. The summed E-state index contributed by atoms with van der Waals surface area (Å²) in [4.78, 5) is 4.09. The number of nitrogens with zero attached hydrogens (tertiary/aromatic N) is 3. The van der Waals surface area contributed by atoms with Crippen LogP contribution in [0.25, 0.3) is 16.9 Å². The molecule has 3 nitrogen and oxygen atoms in total. The van der Waals surface area contributed by atoms with Gasteiger partial charge in [-0.05, 0) is 35.0 Å². The topological polar surface area (TPSA) is 30.7 Å². The summed E-state index contributed by atoms with van der Waals surface area (Å²) >= 11 is 3.53. The van der Waals surface area contributed by atoms with E-state index in [0.29, 0.717) is 0 Å². The summed E-state index contributed by atoms with van der Waals surface area (Å²) in [5.74, 6) is 0. The van der Waals surface area contributed by atoms with E-state index >= 15 is 0 Å². The zero-order valence-electron chi connectivity index (χ0n) is 10.4. The van der Waals surface area contributed by atoms with E-state index in [1.807, 2.05) is 35.9 Å². The molecule has 0 fully saturated rings. The Morgan fingerprint density at radius 2 is 1.89 bits per heavy atom. The predicted octanol–water partition coefficient (Wildman–Crippen LogP) is 4.01. The minimum Gasteiger partial charge on any atom is -0.263 e. The zero-order chi connectivity index (χ0) is 13.2. The number of rotatable bonds is 2. The molecule has 0 radical (unpaired) electrons. The van der Waals surface area contributed by atoms with Gasteiger partial charge < -0.3 is 0 Å². The number of benzene rings is 1. The first-order chi connectivity index (χ1) is 9.25. The second-order valence-electron chi connectivity index (χ2n) is 4.28. The van der Waals surface area contributed by atoms with E-state index < -0.39 is 0 Å². The molecule has 0 saturated heterocycles. The molecule has 2 heterocycles. The van der Waals surface area contributed by atoms with E-state index in [-0.39, 0.29) is 0 Å². The molecule has 4 heteroatoms. The van der Waals surface area contributed by atoms with Crippen molar-refractivity contribution in [2.45, 2.75) is 6.92 Å². The van der Waals surface area contributed by atoms with Crippen molar-refractivity contribution < 1.29 is 0 Å². The average molecular weight is 314 g/mol. The summed E-state index contributed by atoms with van der Waals surface area (Å²) in [5.41, 5.74) is 4.20. The summed E-state index contributed by atoms with van der Waals surface area (Å²) < 4.78 is 2.87. The van der Waals surface area contributed by atoms with E-state index in [0.717, 1.165) is 27.1 Å². The van der Waals surface area contributed by atoms with Gasteiger partial charge in [0.15, 0.2) is 0 Å². The van der Waals surface area contributed by atoms with Crippen LogP contribution in [0.5, 0.6) is 0 Å². The molecular weight excluding hydrogens is 302 g/mol. The van der Waals surface area contributed by atoms with Gasteiger partial charge in [-0.15, -0.1) is 0 Å². The lowest BCUT2D eigenvalue weighted by atomic mass is 10.1. The molecule has 3 rings (SSSR count). The molecule has 0 saturated carbocycles. The van der Waals surface area contributed by atoms with E-state index in [9.17, 15) is 0 Å².